The van der Waals surface area contributed by atoms with E-state index in [2.05, 4.69) is 54.1 Å². The topological polar surface area (TPSA) is 51.8 Å². The lowest BCUT2D eigenvalue weighted by atomic mass is 10.2. The smallest absolute Gasteiger partial charge is 0.222 e. The fraction of sp³-hybridized carbons (Fsp3) is 0.200. The number of aryl methyl sites for hydroxylation is 2. The van der Waals surface area contributed by atoms with E-state index in [1.165, 1.54) is 15.3 Å². The van der Waals surface area contributed by atoms with Gasteiger partial charge in [0.05, 0.1) is 0 Å². The highest BCUT2D eigenvalue weighted by molar-refractivity contribution is 7.99. The molecule has 0 saturated heterocycles. The number of nitrogens with zero attached hydrogens (tertiary/aromatic N) is 2. The molecule has 5 heteroatoms. The van der Waals surface area contributed by atoms with E-state index < -0.39 is 0 Å². The predicted octanol–water partition coefficient (Wildman–Crippen LogP) is 4.30. The second-order valence-electron chi connectivity index (χ2n) is 4.59. The Hall–Kier alpha value is -1.59. The average Bonchev–Trinajstić information content (AvgIpc) is 2.82. The third-order valence-corrected chi connectivity index (χ3v) is 5.15. The van der Waals surface area contributed by atoms with E-state index in [4.69, 9.17) is 5.73 Å². The van der Waals surface area contributed by atoms with Gasteiger partial charge in [-0.25, -0.2) is 9.97 Å². The minimum Gasteiger partial charge on any atom is -0.368 e. The molecule has 0 amide bonds. The molecule has 3 aromatic rings. The molecule has 1 aromatic carbocycles. The van der Waals surface area contributed by atoms with Crippen LogP contribution in [0.2, 0.25) is 0 Å². The molecule has 0 radical (unpaired) electrons. The van der Waals surface area contributed by atoms with Crippen LogP contribution >= 0.6 is 23.1 Å². The Morgan fingerprint density at radius 1 is 1.25 bits per heavy atom. The summed E-state index contributed by atoms with van der Waals surface area (Å²) in [4.78, 5) is 12.2. The summed E-state index contributed by atoms with van der Waals surface area (Å²) in [6.45, 7) is 4.24. The highest BCUT2D eigenvalue weighted by atomic mass is 32.2. The van der Waals surface area contributed by atoms with Gasteiger partial charge in [0.2, 0.25) is 5.95 Å². The second kappa shape index (κ2) is 5.42. The van der Waals surface area contributed by atoms with Gasteiger partial charge in [-0.05, 0) is 31.5 Å². The number of hydrogen-bond donors (Lipinski definition) is 1. The van der Waals surface area contributed by atoms with Crippen LogP contribution in [0.15, 0.2) is 40.3 Å². The minimum atomic E-state index is 0.345. The summed E-state index contributed by atoms with van der Waals surface area (Å²) in [7, 11) is 0. The van der Waals surface area contributed by atoms with E-state index in [0.29, 0.717) is 5.95 Å². The van der Waals surface area contributed by atoms with Crippen LogP contribution in [0.3, 0.4) is 0 Å². The standard InChI is InChI=1S/C15H15N3S2/c1-3-10-8-12-13(19-10)17-15(16)18-14(12)20-11-6-4-5-9(2)7-11/h4-8H,3H2,1-2H3,(H2,16,17,18). The molecule has 2 N–H and O–H groups in total. The molecule has 0 bridgehead atoms. The Balaban J connectivity index is 2.08. The Bertz CT molecular complexity index is 765. The summed E-state index contributed by atoms with van der Waals surface area (Å²) in [5, 5.41) is 2.04. The van der Waals surface area contributed by atoms with Gasteiger partial charge in [-0.15, -0.1) is 11.3 Å². The van der Waals surface area contributed by atoms with Gasteiger partial charge >= 0.3 is 0 Å². The van der Waals surface area contributed by atoms with Crippen molar-refractivity contribution in [2.24, 2.45) is 0 Å². The Morgan fingerprint density at radius 2 is 2.10 bits per heavy atom. The van der Waals surface area contributed by atoms with Crippen molar-refractivity contribution in [2.75, 3.05) is 5.73 Å². The molecule has 3 nitrogen and oxygen atoms in total. The van der Waals surface area contributed by atoms with E-state index in [1.54, 1.807) is 23.1 Å². The minimum absolute atomic E-state index is 0.345. The van der Waals surface area contributed by atoms with Gasteiger partial charge in [0.15, 0.2) is 0 Å². The molecule has 0 aliphatic carbocycles. The molecule has 20 heavy (non-hydrogen) atoms. The zero-order chi connectivity index (χ0) is 14.1. The van der Waals surface area contributed by atoms with E-state index in [1.807, 2.05) is 0 Å². The number of aromatic nitrogens is 2. The van der Waals surface area contributed by atoms with Gasteiger partial charge in [0.25, 0.3) is 0 Å². The lowest BCUT2D eigenvalue weighted by Crippen LogP contribution is -1.95. The molecule has 102 valence electrons. The quantitative estimate of drug-likeness (QED) is 0.733. The maximum Gasteiger partial charge on any atom is 0.222 e. The first-order valence-electron chi connectivity index (χ1n) is 6.46. The summed E-state index contributed by atoms with van der Waals surface area (Å²) < 4.78 is 0. The van der Waals surface area contributed by atoms with Gasteiger partial charge in [0.1, 0.15) is 9.86 Å². The van der Waals surface area contributed by atoms with Crippen LogP contribution in [-0.4, -0.2) is 9.97 Å². The summed E-state index contributed by atoms with van der Waals surface area (Å²) in [5.74, 6) is 0.345. The molecule has 0 unspecified atom stereocenters. The van der Waals surface area contributed by atoms with Crippen molar-refractivity contribution in [1.29, 1.82) is 0 Å². The predicted molar refractivity (Wildman–Crippen MR) is 86.5 cm³/mol. The summed E-state index contributed by atoms with van der Waals surface area (Å²) in [6, 6.07) is 10.6. The van der Waals surface area contributed by atoms with Crippen LogP contribution < -0.4 is 5.73 Å². The molecular formula is C15H15N3S2. The maximum absolute atomic E-state index is 5.83. The molecule has 0 atom stereocenters. The molecule has 0 fully saturated rings. The molecule has 2 aromatic heterocycles. The van der Waals surface area contributed by atoms with Gasteiger partial charge in [-0.3, -0.25) is 0 Å². The summed E-state index contributed by atoms with van der Waals surface area (Å²) >= 11 is 3.34. The van der Waals surface area contributed by atoms with E-state index in [9.17, 15) is 0 Å². The first-order valence-corrected chi connectivity index (χ1v) is 8.09. The number of benzene rings is 1. The van der Waals surface area contributed by atoms with E-state index in [0.717, 1.165) is 21.7 Å². The Kier molecular flexibility index (Phi) is 3.63. The van der Waals surface area contributed by atoms with Crippen LogP contribution in [0.4, 0.5) is 5.95 Å². The summed E-state index contributed by atoms with van der Waals surface area (Å²) in [5.41, 5.74) is 7.07. The molecule has 0 aliphatic heterocycles. The number of nitrogens with two attached hydrogens (primary N) is 1. The monoisotopic (exact) mass is 301 g/mol. The van der Waals surface area contributed by atoms with Gasteiger partial charge < -0.3 is 5.73 Å². The molecule has 2 heterocycles. The van der Waals surface area contributed by atoms with Crippen LogP contribution in [0, 0.1) is 6.92 Å². The zero-order valence-corrected chi connectivity index (χ0v) is 13.0. The van der Waals surface area contributed by atoms with Crippen molar-refractivity contribution in [1.82, 2.24) is 9.97 Å². The SMILES string of the molecule is CCc1cc2c(Sc3cccc(C)c3)nc(N)nc2s1. The lowest BCUT2D eigenvalue weighted by molar-refractivity contribution is 1.12. The Labute approximate surface area is 126 Å². The van der Waals surface area contributed by atoms with Crippen LogP contribution in [0.25, 0.3) is 10.2 Å². The fourth-order valence-corrected chi connectivity index (χ4v) is 4.06. The van der Waals surface area contributed by atoms with Crippen molar-refractivity contribution in [3.05, 3.63) is 40.8 Å². The number of thiophene rings is 1. The van der Waals surface area contributed by atoms with Crippen molar-refractivity contribution >= 4 is 39.3 Å². The highest BCUT2D eigenvalue weighted by Gasteiger charge is 2.11. The molecular weight excluding hydrogens is 286 g/mol. The van der Waals surface area contributed by atoms with Gasteiger partial charge in [0, 0.05) is 15.2 Å². The third-order valence-electron chi connectivity index (χ3n) is 2.98. The number of fused-ring (bicyclic) bond motifs is 1. The van der Waals surface area contributed by atoms with E-state index in [-0.39, 0.29) is 0 Å². The largest absolute Gasteiger partial charge is 0.368 e. The molecule has 3 rings (SSSR count). The van der Waals surface area contributed by atoms with Crippen LogP contribution in [0.5, 0.6) is 0 Å². The first kappa shape index (κ1) is 13.4. The molecule has 0 saturated carbocycles. The second-order valence-corrected chi connectivity index (χ2v) is 6.77. The van der Waals surface area contributed by atoms with Gasteiger partial charge in [-0.1, -0.05) is 36.4 Å². The Morgan fingerprint density at radius 3 is 2.85 bits per heavy atom. The molecule has 0 spiro atoms. The maximum atomic E-state index is 5.83. The van der Waals surface area contributed by atoms with Crippen molar-refractivity contribution < 1.29 is 0 Å². The van der Waals surface area contributed by atoms with Gasteiger partial charge in [-0.2, -0.15) is 0 Å². The number of anilines is 1. The average molecular weight is 301 g/mol. The van der Waals surface area contributed by atoms with Crippen molar-refractivity contribution in [3.63, 3.8) is 0 Å². The third kappa shape index (κ3) is 2.64. The highest BCUT2D eigenvalue weighted by Crippen LogP contribution is 2.35. The lowest BCUT2D eigenvalue weighted by Gasteiger charge is -2.04. The molecule has 0 aliphatic rings. The van der Waals surface area contributed by atoms with E-state index >= 15 is 0 Å². The zero-order valence-electron chi connectivity index (χ0n) is 11.4. The number of rotatable bonds is 3. The number of hydrogen-bond acceptors (Lipinski definition) is 5. The van der Waals surface area contributed by atoms with Crippen molar-refractivity contribution in [3.8, 4) is 0 Å². The normalized spacial score (nSPS) is 11.1. The van der Waals surface area contributed by atoms with Crippen LogP contribution in [-0.2, 0) is 6.42 Å². The summed E-state index contributed by atoms with van der Waals surface area (Å²) in [6.07, 6.45) is 1.01. The first-order chi connectivity index (χ1) is 9.65. The number of nitrogen functional groups attached to an aromatic ring is 1. The van der Waals surface area contributed by atoms with Crippen molar-refractivity contribution in [2.45, 2.75) is 30.2 Å². The fourth-order valence-electron chi connectivity index (χ4n) is 2.00. The van der Waals surface area contributed by atoms with Crippen LogP contribution in [0.1, 0.15) is 17.4 Å².